The van der Waals surface area contributed by atoms with Crippen LogP contribution in [0.5, 0.6) is 0 Å². The fourth-order valence-corrected chi connectivity index (χ4v) is 3.29. The number of hydrogen-bond acceptors (Lipinski definition) is 2. The van der Waals surface area contributed by atoms with Gasteiger partial charge in [0.2, 0.25) is 0 Å². The van der Waals surface area contributed by atoms with Crippen LogP contribution in [0.2, 0.25) is 0 Å². The molecule has 16 heavy (non-hydrogen) atoms. The van der Waals surface area contributed by atoms with E-state index in [1.165, 1.54) is 12.1 Å². The van der Waals surface area contributed by atoms with E-state index in [1.54, 1.807) is 6.07 Å². The topological polar surface area (TPSA) is 29.1 Å². The van der Waals surface area contributed by atoms with Crippen molar-refractivity contribution in [2.75, 3.05) is 18.8 Å². The minimum absolute atomic E-state index is 0.247. The Kier molecular flexibility index (Phi) is 3.71. The van der Waals surface area contributed by atoms with E-state index in [0.29, 0.717) is 11.7 Å². The first-order valence-corrected chi connectivity index (χ1v) is 6.94. The Balaban J connectivity index is 1.96. The van der Waals surface area contributed by atoms with Gasteiger partial charge >= 0.3 is 0 Å². The molecule has 1 aliphatic heterocycles. The van der Waals surface area contributed by atoms with Crippen LogP contribution < -0.4 is 5.32 Å². The van der Waals surface area contributed by atoms with Crippen molar-refractivity contribution >= 4 is 10.8 Å². The summed E-state index contributed by atoms with van der Waals surface area (Å²) in [6, 6.07) is 4.68. The highest BCUT2D eigenvalue weighted by Crippen LogP contribution is 2.14. The molecular weight excluding hydrogens is 225 g/mol. The zero-order chi connectivity index (χ0) is 11.5. The highest BCUT2D eigenvalue weighted by Gasteiger charge is 2.19. The van der Waals surface area contributed by atoms with E-state index in [2.05, 4.69) is 5.32 Å². The van der Waals surface area contributed by atoms with E-state index in [1.807, 2.05) is 6.92 Å². The second-order valence-corrected chi connectivity index (χ2v) is 5.85. The number of benzene rings is 1. The summed E-state index contributed by atoms with van der Waals surface area (Å²) in [4.78, 5) is 0. The van der Waals surface area contributed by atoms with E-state index in [4.69, 9.17) is 0 Å². The lowest BCUT2D eigenvalue weighted by atomic mass is 10.1. The van der Waals surface area contributed by atoms with E-state index in [9.17, 15) is 8.60 Å². The van der Waals surface area contributed by atoms with Crippen LogP contribution >= 0.6 is 0 Å². The van der Waals surface area contributed by atoms with E-state index >= 15 is 0 Å². The average Bonchev–Trinajstić information content (AvgIpc) is 2.18. The lowest BCUT2D eigenvalue weighted by Gasteiger charge is -2.26. The third-order valence-corrected chi connectivity index (χ3v) is 4.39. The molecule has 0 spiro atoms. The molecule has 2 nitrogen and oxygen atoms in total. The van der Waals surface area contributed by atoms with Gasteiger partial charge in [0.25, 0.3) is 0 Å². The fraction of sp³-hybridized carbons (Fsp3) is 0.500. The molecule has 0 saturated carbocycles. The summed E-state index contributed by atoms with van der Waals surface area (Å²) < 4.78 is 24.9. The van der Waals surface area contributed by atoms with Gasteiger partial charge in [-0.1, -0.05) is 6.07 Å². The van der Waals surface area contributed by atoms with Crippen LogP contribution in [0.1, 0.15) is 11.1 Å². The van der Waals surface area contributed by atoms with E-state index in [-0.39, 0.29) is 5.82 Å². The molecule has 1 aromatic carbocycles. The molecule has 4 heteroatoms. The number of hydrogen-bond donors (Lipinski definition) is 1. The average molecular weight is 241 g/mol. The molecule has 1 aliphatic rings. The molecule has 2 rings (SSSR count). The maximum atomic E-state index is 13.0. The van der Waals surface area contributed by atoms with Crippen molar-refractivity contribution in [3.8, 4) is 0 Å². The van der Waals surface area contributed by atoms with Gasteiger partial charge in [0, 0.05) is 35.4 Å². The number of halogens is 1. The summed E-state index contributed by atoms with van der Waals surface area (Å²) >= 11 is 0. The van der Waals surface area contributed by atoms with Gasteiger partial charge in [0.1, 0.15) is 5.82 Å². The van der Waals surface area contributed by atoms with Gasteiger partial charge in [-0.25, -0.2) is 4.39 Å². The van der Waals surface area contributed by atoms with E-state index in [0.717, 1.165) is 30.0 Å². The van der Waals surface area contributed by atoms with Crippen molar-refractivity contribution in [3.05, 3.63) is 35.1 Å². The zero-order valence-corrected chi connectivity index (χ0v) is 10.1. The minimum Gasteiger partial charge on any atom is -0.316 e. The molecule has 0 radical (unpaired) electrons. The summed E-state index contributed by atoms with van der Waals surface area (Å²) in [5.41, 5.74) is 1.88. The molecular formula is C12H16FNOS. The smallest absolute Gasteiger partial charge is 0.123 e. The van der Waals surface area contributed by atoms with Crippen molar-refractivity contribution in [3.63, 3.8) is 0 Å². The van der Waals surface area contributed by atoms with Crippen LogP contribution in [-0.4, -0.2) is 23.1 Å². The van der Waals surface area contributed by atoms with E-state index < -0.39 is 10.8 Å². The molecule has 0 bridgehead atoms. The number of aryl methyl sites for hydroxylation is 1. The van der Waals surface area contributed by atoms with Crippen LogP contribution in [0.3, 0.4) is 0 Å². The van der Waals surface area contributed by atoms with Gasteiger partial charge in [-0.3, -0.25) is 4.21 Å². The van der Waals surface area contributed by atoms with Crippen molar-refractivity contribution in [1.82, 2.24) is 5.32 Å². The van der Waals surface area contributed by atoms with Crippen LogP contribution in [0, 0.1) is 18.7 Å². The molecule has 88 valence electrons. The van der Waals surface area contributed by atoms with Crippen molar-refractivity contribution in [1.29, 1.82) is 0 Å². The van der Waals surface area contributed by atoms with Crippen molar-refractivity contribution in [2.24, 2.45) is 5.92 Å². The van der Waals surface area contributed by atoms with Crippen LogP contribution in [0.15, 0.2) is 18.2 Å². The van der Waals surface area contributed by atoms with Gasteiger partial charge in [0.15, 0.2) is 0 Å². The molecule has 0 aliphatic carbocycles. The Labute approximate surface area is 97.7 Å². The van der Waals surface area contributed by atoms with Gasteiger partial charge < -0.3 is 5.32 Å². The molecule has 1 heterocycles. The third-order valence-electron chi connectivity index (χ3n) is 2.92. The lowest BCUT2D eigenvalue weighted by Crippen LogP contribution is -2.44. The molecule has 0 amide bonds. The Morgan fingerprint density at radius 1 is 1.50 bits per heavy atom. The summed E-state index contributed by atoms with van der Waals surface area (Å²) in [7, 11) is -0.875. The standard InChI is InChI=1S/C12H16FNOS/c1-9-2-3-12(13)4-11(9)8-16(15)7-10-5-14-6-10/h2-4,10,14H,5-8H2,1H3. The Morgan fingerprint density at radius 2 is 2.25 bits per heavy atom. The van der Waals surface area contributed by atoms with Crippen molar-refractivity contribution in [2.45, 2.75) is 12.7 Å². The predicted octanol–water partition coefficient (Wildman–Crippen LogP) is 1.60. The molecule has 1 fully saturated rings. The van der Waals surface area contributed by atoms with Gasteiger partial charge in [-0.15, -0.1) is 0 Å². The summed E-state index contributed by atoms with van der Waals surface area (Å²) in [6.45, 7) is 3.86. The quantitative estimate of drug-likeness (QED) is 0.867. The van der Waals surface area contributed by atoms with Crippen LogP contribution in [0.4, 0.5) is 4.39 Å². The highest BCUT2D eigenvalue weighted by atomic mass is 32.2. The highest BCUT2D eigenvalue weighted by molar-refractivity contribution is 7.84. The third kappa shape index (κ3) is 2.89. The van der Waals surface area contributed by atoms with Crippen LogP contribution in [-0.2, 0) is 16.6 Å². The van der Waals surface area contributed by atoms with Gasteiger partial charge in [-0.2, -0.15) is 0 Å². The maximum absolute atomic E-state index is 13.0. The summed E-state index contributed by atoms with van der Waals surface area (Å²) in [6.07, 6.45) is 0. The normalized spacial score (nSPS) is 18.1. The Bertz CT molecular complexity index is 404. The minimum atomic E-state index is -0.875. The number of nitrogens with one attached hydrogen (secondary N) is 1. The Morgan fingerprint density at radius 3 is 2.88 bits per heavy atom. The van der Waals surface area contributed by atoms with Crippen LogP contribution in [0.25, 0.3) is 0 Å². The molecule has 1 N–H and O–H groups in total. The monoisotopic (exact) mass is 241 g/mol. The van der Waals surface area contributed by atoms with Gasteiger partial charge in [-0.05, 0) is 36.1 Å². The van der Waals surface area contributed by atoms with Crippen molar-refractivity contribution < 1.29 is 8.60 Å². The molecule has 1 aromatic rings. The summed E-state index contributed by atoms with van der Waals surface area (Å²) in [5, 5.41) is 3.16. The fourth-order valence-electron chi connectivity index (χ4n) is 1.76. The second kappa shape index (κ2) is 5.06. The molecule has 0 aromatic heterocycles. The zero-order valence-electron chi connectivity index (χ0n) is 9.33. The number of rotatable bonds is 4. The molecule has 1 atom stereocenters. The lowest BCUT2D eigenvalue weighted by molar-refractivity contribution is 0.382. The largest absolute Gasteiger partial charge is 0.316 e. The molecule has 1 saturated heterocycles. The Hall–Kier alpha value is -0.740. The predicted molar refractivity (Wildman–Crippen MR) is 64.2 cm³/mol. The maximum Gasteiger partial charge on any atom is 0.123 e. The summed E-state index contributed by atoms with van der Waals surface area (Å²) in [5.74, 6) is 1.49. The first kappa shape index (κ1) is 11.7. The first-order chi connectivity index (χ1) is 7.65. The first-order valence-electron chi connectivity index (χ1n) is 5.46. The molecule has 1 unspecified atom stereocenters. The second-order valence-electron chi connectivity index (χ2n) is 4.35. The SMILES string of the molecule is Cc1ccc(F)cc1CS(=O)CC1CNC1. The van der Waals surface area contributed by atoms with Gasteiger partial charge in [0.05, 0.1) is 0 Å².